The van der Waals surface area contributed by atoms with Gasteiger partial charge in [-0.2, -0.15) is 0 Å². The van der Waals surface area contributed by atoms with Gasteiger partial charge in [-0.1, -0.05) is 26.7 Å². The highest BCUT2D eigenvalue weighted by molar-refractivity contribution is 5.90. The summed E-state index contributed by atoms with van der Waals surface area (Å²) in [6.45, 7) is 6.15. The summed E-state index contributed by atoms with van der Waals surface area (Å²) < 4.78 is 0. The molecule has 120 valence electrons. The first-order valence-electron chi connectivity index (χ1n) is 7.63. The number of nitrogens with one attached hydrogen (secondary N) is 2. The minimum absolute atomic E-state index is 0.236. The average Bonchev–Trinajstić information content (AvgIpc) is 2.44. The smallest absolute Gasteiger partial charge is 0.307 e. The molecule has 6 heteroatoms. The van der Waals surface area contributed by atoms with Crippen molar-refractivity contribution in [1.29, 1.82) is 0 Å². The van der Waals surface area contributed by atoms with Gasteiger partial charge in [-0.25, -0.2) is 0 Å². The van der Waals surface area contributed by atoms with Crippen LogP contribution < -0.4 is 10.6 Å². The van der Waals surface area contributed by atoms with Crippen molar-refractivity contribution in [1.82, 2.24) is 10.6 Å². The van der Waals surface area contributed by atoms with Gasteiger partial charge in [0.2, 0.25) is 11.8 Å². The van der Waals surface area contributed by atoms with E-state index in [9.17, 15) is 19.5 Å². The van der Waals surface area contributed by atoms with Crippen LogP contribution >= 0.6 is 0 Å². The van der Waals surface area contributed by atoms with E-state index in [0.29, 0.717) is 25.3 Å². The van der Waals surface area contributed by atoms with Gasteiger partial charge < -0.3 is 15.7 Å². The number of rotatable bonds is 6. The highest BCUT2D eigenvalue weighted by Crippen LogP contribution is 2.30. The van der Waals surface area contributed by atoms with E-state index >= 15 is 0 Å². The van der Waals surface area contributed by atoms with Gasteiger partial charge in [0, 0.05) is 6.54 Å². The van der Waals surface area contributed by atoms with Crippen molar-refractivity contribution < 1.29 is 19.5 Å². The molecule has 3 N–H and O–H groups in total. The van der Waals surface area contributed by atoms with Gasteiger partial charge >= 0.3 is 5.97 Å². The number of hydrogen-bond acceptors (Lipinski definition) is 3. The third-order valence-electron chi connectivity index (χ3n) is 3.86. The Labute approximate surface area is 125 Å². The molecule has 0 aliphatic heterocycles. The van der Waals surface area contributed by atoms with Gasteiger partial charge in [0.1, 0.15) is 6.04 Å². The van der Waals surface area contributed by atoms with Gasteiger partial charge in [0.05, 0.1) is 11.8 Å². The normalized spacial score (nSPS) is 23.4. The molecule has 0 aromatic carbocycles. The maximum Gasteiger partial charge on any atom is 0.307 e. The Morgan fingerprint density at radius 2 is 1.67 bits per heavy atom. The number of amides is 2. The molecule has 1 unspecified atom stereocenters. The molecule has 21 heavy (non-hydrogen) atoms. The first-order chi connectivity index (χ1) is 9.82. The maximum absolute atomic E-state index is 12.2. The van der Waals surface area contributed by atoms with Crippen molar-refractivity contribution in [2.24, 2.45) is 17.8 Å². The monoisotopic (exact) mass is 298 g/mol. The number of carbonyl (C=O) groups excluding carboxylic acids is 2. The summed E-state index contributed by atoms with van der Waals surface area (Å²) >= 11 is 0. The van der Waals surface area contributed by atoms with Crippen LogP contribution in [-0.2, 0) is 14.4 Å². The first kappa shape index (κ1) is 17.5. The molecule has 0 aromatic heterocycles. The van der Waals surface area contributed by atoms with E-state index in [4.69, 9.17) is 0 Å². The fourth-order valence-electron chi connectivity index (χ4n) is 2.58. The summed E-state index contributed by atoms with van der Waals surface area (Å²) in [5.74, 6) is -2.31. The molecule has 3 atom stereocenters. The number of carbonyl (C=O) groups is 3. The van der Waals surface area contributed by atoms with Crippen molar-refractivity contribution in [3.63, 3.8) is 0 Å². The van der Waals surface area contributed by atoms with Gasteiger partial charge in [-0.3, -0.25) is 14.4 Å². The fourth-order valence-corrected chi connectivity index (χ4v) is 2.58. The molecule has 1 aliphatic carbocycles. The summed E-state index contributed by atoms with van der Waals surface area (Å²) in [6.07, 6.45) is 2.80. The predicted molar refractivity (Wildman–Crippen MR) is 78.5 cm³/mol. The van der Waals surface area contributed by atoms with E-state index in [2.05, 4.69) is 10.6 Å². The van der Waals surface area contributed by atoms with Gasteiger partial charge in [-0.15, -0.1) is 0 Å². The Balaban J connectivity index is 2.54. The molecule has 0 bridgehead atoms. The highest BCUT2D eigenvalue weighted by atomic mass is 16.4. The molecular weight excluding hydrogens is 272 g/mol. The van der Waals surface area contributed by atoms with Crippen LogP contribution in [0.2, 0.25) is 0 Å². The number of carboxylic acids is 1. The van der Waals surface area contributed by atoms with E-state index < -0.39 is 23.8 Å². The van der Waals surface area contributed by atoms with E-state index in [-0.39, 0.29) is 11.8 Å². The molecule has 2 amide bonds. The molecule has 0 radical (unpaired) electrons. The van der Waals surface area contributed by atoms with Gasteiger partial charge in [0.15, 0.2) is 0 Å². The number of hydrogen-bond donors (Lipinski definition) is 3. The molecule has 1 saturated carbocycles. The Bertz CT molecular complexity index is 395. The average molecular weight is 298 g/mol. The summed E-state index contributed by atoms with van der Waals surface area (Å²) in [7, 11) is 0. The summed E-state index contributed by atoms with van der Waals surface area (Å²) in [5, 5.41) is 14.6. The number of carboxylic acid groups (broad SMARTS) is 1. The molecule has 1 rings (SSSR count). The zero-order chi connectivity index (χ0) is 16.0. The fraction of sp³-hybridized carbons (Fsp3) is 0.800. The zero-order valence-corrected chi connectivity index (χ0v) is 13.0. The molecule has 1 fully saturated rings. The van der Waals surface area contributed by atoms with E-state index in [0.717, 1.165) is 12.8 Å². The molecule has 0 spiro atoms. The lowest BCUT2D eigenvalue weighted by Crippen LogP contribution is -2.49. The van der Waals surface area contributed by atoms with Crippen molar-refractivity contribution in [2.45, 2.75) is 52.5 Å². The van der Waals surface area contributed by atoms with Crippen molar-refractivity contribution >= 4 is 17.8 Å². The topological polar surface area (TPSA) is 95.5 Å². The summed E-state index contributed by atoms with van der Waals surface area (Å²) in [5.41, 5.74) is 0. The van der Waals surface area contributed by atoms with Crippen LogP contribution in [0.1, 0.15) is 46.5 Å². The largest absolute Gasteiger partial charge is 0.481 e. The van der Waals surface area contributed by atoms with Gasteiger partial charge in [-0.05, 0) is 25.7 Å². The second-order valence-corrected chi connectivity index (χ2v) is 6.20. The van der Waals surface area contributed by atoms with Crippen molar-refractivity contribution in [2.75, 3.05) is 6.54 Å². The second-order valence-electron chi connectivity index (χ2n) is 6.20. The SMILES string of the molecule is CC(C)CNC(=O)C(C)NC(=O)[C@@H]1CCCC[C@@H]1C(=O)O. The van der Waals surface area contributed by atoms with Crippen LogP contribution in [0.25, 0.3) is 0 Å². The van der Waals surface area contributed by atoms with Crippen molar-refractivity contribution in [3.8, 4) is 0 Å². The van der Waals surface area contributed by atoms with Crippen LogP contribution in [0.15, 0.2) is 0 Å². The molecule has 0 saturated heterocycles. The van der Waals surface area contributed by atoms with Crippen LogP contribution in [0, 0.1) is 17.8 Å². The zero-order valence-electron chi connectivity index (χ0n) is 13.0. The Morgan fingerprint density at radius 1 is 1.10 bits per heavy atom. The lowest BCUT2D eigenvalue weighted by atomic mass is 9.78. The standard InChI is InChI=1S/C15H26N2O4/c1-9(2)8-16-13(18)10(3)17-14(19)11-6-4-5-7-12(11)15(20)21/h9-12H,4-8H2,1-3H3,(H,16,18)(H,17,19)(H,20,21)/t10?,11-,12+/m1/s1. The molecule has 1 aliphatic rings. The second kappa shape index (κ2) is 8.00. The Kier molecular flexibility index (Phi) is 6.65. The van der Waals surface area contributed by atoms with Gasteiger partial charge in [0.25, 0.3) is 0 Å². The third kappa shape index (κ3) is 5.36. The molecule has 0 aromatic rings. The third-order valence-corrected chi connectivity index (χ3v) is 3.86. The maximum atomic E-state index is 12.2. The Hall–Kier alpha value is -1.59. The minimum Gasteiger partial charge on any atom is -0.481 e. The lowest BCUT2D eigenvalue weighted by Gasteiger charge is -2.28. The van der Waals surface area contributed by atoms with Crippen LogP contribution in [0.3, 0.4) is 0 Å². The van der Waals surface area contributed by atoms with E-state index in [1.165, 1.54) is 0 Å². The molecule has 6 nitrogen and oxygen atoms in total. The predicted octanol–water partition coefficient (Wildman–Crippen LogP) is 1.15. The van der Waals surface area contributed by atoms with Crippen LogP contribution in [0.4, 0.5) is 0 Å². The number of aliphatic carboxylic acids is 1. The summed E-state index contributed by atoms with van der Waals surface area (Å²) in [4.78, 5) is 35.3. The van der Waals surface area contributed by atoms with Crippen LogP contribution in [0.5, 0.6) is 0 Å². The first-order valence-corrected chi connectivity index (χ1v) is 7.63. The highest BCUT2D eigenvalue weighted by Gasteiger charge is 2.36. The van der Waals surface area contributed by atoms with Crippen LogP contribution in [-0.4, -0.2) is 35.5 Å². The molecular formula is C15H26N2O4. The quantitative estimate of drug-likeness (QED) is 0.685. The lowest BCUT2D eigenvalue weighted by molar-refractivity contribution is -0.149. The van der Waals surface area contributed by atoms with E-state index in [1.54, 1.807) is 6.92 Å². The summed E-state index contributed by atoms with van der Waals surface area (Å²) in [6, 6.07) is -0.646. The minimum atomic E-state index is -0.924. The van der Waals surface area contributed by atoms with E-state index in [1.807, 2.05) is 13.8 Å². The molecule has 0 heterocycles. The van der Waals surface area contributed by atoms with Crippen molar-refractivity contribution in [3.05, 3.63) is 0 Å². The Morgan fingerprint density at radius 3 is 2.19 bits per heavy atom.